The second-order valence-corrected chi connectivity index (χ2v) is 8.08. The molecule has 9 heteroatoms. The molecule has 1 amide bonds. The molecule has 0 aliphatic carbocycles. The van der Waals surface area contributed by atoms with Gasteiger partial charge in [-0.2, -0.15) is 0 Å². The fourth-order valence-corrected chi connectivity index (χ4v) is 4.48. The van der Waals surface area contributed by atoms with Crippen LogP contribution in [0.25, 0.3) is 0 Å². The summed E-state index contributed by atoms with van der Waals surface area (Å²) in [7, 11) is -4.02. The molecule has 2 aromatic rings. The SMILES string of the molecule is CC(=O)N1CCCc2ccc(NS(=O)(=O)c3cc([N+](=O)[O-])ccc3C)cc21. The predicted molar refractivity (Wildman–Crippen MR) is 101 cm³/mol. The van der Waals surface area contributed by atoms with Crippen LogP contribution in [0.5, 0.6) is 0 Å². The molecule has 3 rings (SSSR count). The molecule has 0 bridgehead atoms. The molecule has 0 saturated carbocycles. The van der Waals surface area contributed by atoms with Crippen molar-refractivity contribution in [2.75, 3.05) is 16.2 Å². The number of benzene rings is 2. The van der Waals surface area contributed by atoms with Gasteiger partial charge in [0.1, 0.15) is 0 Å². The van der Waals surface area contributed by atoms with E-state index in [-0.39, 0.29) is 16.5 Å². The maximum Gasteiger partial charge on any atom is 0.270 e. The number of anilines is 2. The molecule has 0 fully saturated rings. The van der Waals surface area contributed by atoms with Crippen molar-refractivity contribution in [2.24, 2.45) is 0 Å². The Bertz CT molecular complexity index is 1030. The number of hydrogen-bond acceptors (Lipinski definition) is 5. The van der Waals surface area contributed by atoms with Crippen LogP contribution in [0.4, 0.5) is 17.1 Å². The van der Waals surface area contributed by atoms with E-state index in [1.54, 1.807) is 30.0 Å². The molecule has 0 radical (unpaired) electrons. The van der Waals surface area contributed by atoms with E-state index in [9.17, 15) is 23.3 Å². The Hall–Kier alpha value is -2.94. The van der Waals surface area contributed by atoms with Crippen molar-refractivity contribution in [1.82, 2.24) is 0 Å². The van der Waals surface area contributed by atoms with Crippen molar-refractivity contribution in [3.8, 4) is 0 Å². The van der Waals surface area contributed by atoms with Gasteiger partial charge in [-0.15, -0.1) is 0 Å². The summed E-state index contributed by atoms with van der Waals surface area (Å²) in [6, 6.07) is 8.75. The minimum atomic E-state index is -4.02. The molecule has 1 aliphatic rings. The van der Waals surface area contributed by atoms with Gasteiger partial charge in [-0.1, -0.05) is 12.1 Å². The van der Waals surface area contributed by atoms with Crippen LogP contribution in [-0.4, -0.2) is 25.8 Å². The average Bonchev–Trinajstić information content (AvgIpc) is 2.60. The zero-order valence-electron chi connectivity index (χ0n) is 14.9. The van der Waals surface area contributed by atoms with Crippen LogP contribution in [0.3, 0.4) is 0 Å². The lowest BCUT2D eigenvalue weighted by Crippen LogP contribution is -2.33. The predicted octanol–water partition coefficient (Wildman–Crippen LogP) is 3.00. The molecular formula is C18H19N3O5S. The lowest BCUT2D eigenvalue weighted by molar-refractivity contribution is -0.385. The molecule has 8 nitrogen and oxygen atoms in total. The summed E-state index contributed by atoms with van der Waals surface area (Å²) in [5.74, 6) is -0.106. The van der Waals surface area contributed by atoms with Gasteiger partial charge in [0, 0.05) is 31.3 Å². The molecule has 1 aliphatic heterocycles. The van der Waals surface area contributed by atoms with Crippen molar-refractivity contribution >= 4 is 33.0 Å². The molecule has 1 N–H and O–H groups in total. The summed E-state index contributed by atoms with van der Waals surface area (Å²) < 4.78 is 28.0. The largest absolute Gasteiger partial charge is 0.312 e. The number of carbonyl (C=O) groups excluding carboxylic acids is 1. The van der Waals surface area contributed by atoms with E-state index in [1.807, 2.05) is 0 Å². The summed E-state index contributed by atoms with van der Waals surface area (Å²) in [5, 5.41) is 11.0. The maximum absolute atomic E-state index is 12.8. The number of aryl methyl sites for hydroxylation is 2. The first-order valence-electron chi connectivity index (χ1n) is 8.38. The van der Waals surface area contributed by atoms with Crippen molar-refractivity contribution in [3.05, 3.63) is 57.6 Å². The van der Waals surface area contributed by atoms with Crippen LogP contribution in [0.1, 0.15) is 24.5 Å². The van der Waals surface area contributed by atoms with E-state index in [1.165, 1.54) is 19.1 Å². The molecule has 2 aromatic carbocycles. The first-order valence-corrected chi connectivity index (χ1v) is 9.86. The van der Waals surface area contributed by atoms with Crippen molar-refractivity contribution in [2.45, 2.75) is 31.6 Å². The quantitative estimate of drug-likeness (QED) is 0.638. The number of nitro benzene ring substituents is 1. The number of amides is 1. The molecular weight excluding hydrogens is 370 g/mol. The van der Waals surface area contributed by atoms with E-state index in [4.69, 9.17) is 0 Å². The molecule has 0 unspecified atom stereocenters. The van der Waals surface area contributed by atoms with E-state index in [0.717, 1.165) is 24.5 Å². The second-order valence-electron chi connectivity index (χ2n) is 6.43. The summed E-state index contributed by atoms with van der Waals surface area (Å²) in [5.41, 5.74) is 2.06. The van der Waals surface area contributed by atoms with Crippen LogP contribution < -0.4 is 9.62 Å². The number of non-ortho nitro benzene ring substituents is 1. The zero-order valence-corrected chi connectivity index (χ0v) is 15.7. The van der Waals surface area contributed by atoms with Crippen LogP contribution in [0.15, 0.2) is 41.3 Å². The molecule has 0 aromatic heterocycles. The Morgan fingerprint density at radius 1 is 1.22 bits per heavy atom. The molecule has 0 spiro atoms. The highest BCUT2D eigenvalue weighted by molar-refractivity contribution is 7.92. The van der Waals surface area contributed by atoms with Gasteiger partial charge < -0.3 is 4.90 Å². The number of rotatable bonds is 4. The van der Waals surface area contributed by atoms with Crippen LogP contribution >= 0.6 is 0 Å². The van der Waals surface area contributed by atoms with E-state index in [0.29, 0.717) is 23.5 Å². The molecule has 0 saturated heterocycles. The zero-order chi connectivity index (χ0) is 19.8. The summed E-state index contributed by atoms with van der Waals surface area (Å²) >= 11 is 0. The Kier molecular flexibility index (Phi) is 4.88. The number of nitro groups is 1. The van der Waals surface area contributed by atoms with E-state index >= 15 is 0 Å². The summed E-state index contributed by atoms with van der Waals surface area (Å²) in [6.07, 6.45) is 1.67. The smallest absolute Gasteiger partial charge is 0.270 e. The van der Waals surface area contributed by atoms with Crippen LogP contribution in [0.2, 0.25) is 0 Å². The highest BCUT2D eigenvalue weighted by Crippen LogP contribution is 2.31. The minimum Gasteiger partial charge on any atom is -0.312 e. The number of sulfonamides is 1. The molecule has 142 valence electrons. The number of nitrogens with one attached hydrogen (secondary N) is 1. The minimum absolute atomic E-state index is 0.106. The highest BCUT2D eigenvalue weighted by atomic mass is 32.2. The van der Waals surface area contributed by atoms with Gasteiger partial charge in [-0.05, 0) is 43.0 Å². The lowest BCUT2D eigenvalue weighted by atomic mass is 10.0. The van der Waals surface area contributed by atoms with Gasteiger partial charge >= 0.3 is 0 Å². The molecule has 27 heavy (non-hydrogen) atoms. The van der Waals surface area contributed by atoms with Gasteiger partial charge in [0.2, 0.25) is 5.91 Å². The molecule has 1 heterocycles. The molecule has 0 atom stereocenters. The van der Waals surface area contributed by atoms with E-state index in [2.05, 4.69) is 4.72 Å². The summed E-state index contributed by atoms with van der Waals surface area (Å²) in [4.78, 5) is 23.6. The number of fused-ring (bicyclic) bond motifs is 1. The Morgan fingerprint density at radius 3 is 2.63 bits per heavy atom. The number of hydrogen-bond donors (Lipinski definition) is 1. The average molecular weight is 389 g/mol. The number of carbonyl (C=O) groups is 1. The maximum atomic E-state index is 12.8. The third-order valence-electron chi connectivity index (χ3n) is 4.51. The highest BCUT2D eigenvalue weighted by Gasteiger charge is 2.23. The van der Waals surface area contributed by atoms with Gasteiger partial charge in [-0.3, -0.25) is 19.6 Å². The Balaban J connectivity index is 1.98. The standard InChI is InChI=1S/C18H19N3O5S/c1-12-5-8-16(21(23)24)11-18(12)27(25,26)19-15-7-6-14-4-3-9-20(13(2)22)17(14)10-15/h5-8,10-11,19H,3-4,9H2,1-2H3. The van der Waals surface area contributed by atoms with Gasteiger partial charge in [0.05, 0.1) is 15.5 Å². The number of nitrogens with zero attached hydrogens (tertiary/aromatic N) is 2. The second kappa shape index (κ2) is 6.99. The Labute approximate surface area is 157 Å². The normalized spacial score (nSPS) is 13.8. The van der Waals surface area contributed by atoms with Crippen molar-refractivity contribution in [3.63, 3.8) is 0 Å². The van der Waals surface area contributed by atoms with E-state index < -0.39 is 14.9 Å². The van der Waals surface area contributed by atoms with Crippen LogP contribution in [-0.2, 0) is 21.2 Å². The van der Waals surface area contributed by atoms with Crippen molar-refractivity contribution in [1.29, 1.82) is 0 Å². The fraction of sp³-hybridized carbons (Fsp3) is 0.278. The monoisotopic (exact) mass is 389 g/mol. The topological polar surface area (TPSA) is 110 Å². The van der Waals surface area contributed by atoms with Crippen LogP contribution in [0, 0.1) is 17.0 Å². The first kappa shape index (κ1) is 18.8. The lowest BCUT2D eigenvalue weighted by Gasteiger charge is -2.29. The Morgan fingerprint density at radius 2 is 1.96 bits per heavy atom. The third-order valence-corrected chi connectivity index (χ3v) is 6.03. The van der Waals surface area contributed by atoms with Gasteiger partial charge in [0.15, 0.2) is 0 Å². The third kappa shape index (κ3) is 3.77. The fourth-order valence-electron chi connectivity index (χ4n) is 3.17. The van der Waals surface area contributed by atoms with Gasteiger partial charge in [-0.25, -0.2) is 8.42 Å². The van der Waals surface area contributed by atoms with Crippen molar-refractivity contribution < 1.29 is 18.1 Å². The first-order chi connectivity index (χ1) is 12.7. The summed E-state index contributed by atoms with van der Waals surface area (Å²) in [6.45, 7) is 3.63. The van der Waals surface area contributed by atoms with Gasteiger partial charge in [0.25, 0.3) is 15.7 Å².